The van der Waals surface area contributed by atoms with Crippen LogP contribution in [0.3, 0.4) is 0 Å². The normalized spacial score (nSPS) is 17.4. The Morgan fingerprint density at radius 3 is 2.70 bits per heavy atom. The Morgan fingerprint density at radius 2 is 1.96 bits per heavy atom. The highest BCUT2D eigenvalue weighted by molar-refractivity contribution is 5.71. The largest absolute Gasteiger partial charge is 0.329 e. The first-order chi connectivity index (χ1) is 11.1. The fourth-order valence-electron chi connectivity index (χ4n) is 3.44. The van der Waals surface area contributed by atoms with Crippen molar-refractivity contribution in [2.75, 3.05) is 0 Å². The molecule has 0 bridgehead atoms. The van der Waals surface area contributed by atoms with Gasteiger partial charge >= 0.3 is 5.69 Å². The third kappa shape index (κ3) is 2.05. The number of nitrogens with zero attached hydrogens (tertiary/aromatic N) is 3. The van der Waals surface area contributed by atoms with Crippen molar-refractivity contribution in [3.8, 4) is 0 Å². The Balaban J connectivity index is 1.98. The smallest absolute Gasteiger partial charge is 0.322 e. The lowest BCUT2D eigenvalue weighted by molar-refractivity contribution is 0.488. The summed E-state index contributed by atoms with van der Waals surface area (Å²) in [6, 6.07) is 8.44. The lowest BCUT2D eigenvalue weighted by Crippen LogP contribution is -2.29. The van der Waals surface area contributed by atoms with Crippen molar-refractivity contribution in [2.24, 2.45) is 7.05 Å². The van der Waals surface area contributed by atoms with E-state index in [4.69, 9.17) is 0 Å². The summed E-state index contributed by atoms with van der Waals surface area (Å²) in [5.41, 5.74) is 2.60. The Kier molecular flexibility index (Phi) is 3.01. The summed E-state index contributed by atoms with van der Waals surface area (Å²) in [6.45, 7) is 2.82. The highest BCUT2D eigenvalue weighted by atomic mass is 16.2. The molecule has 1 unspecified atom stereocenters. The van der Waals surface area contributed by atoms with Crippen molar-refractivity contribution < 1.29 is 0 Å². The second-order valence-electron chi connectivity index (χ2n) is 6.22. The van der Waals surface area contributed by atoms with E-state index in [1.165, 1.54) is 15.7 Å². The van der Waals surface area contributed by atoms with Crippen LogP contribution in [0.15, 0.2) is 33.9 Å². The minimum absolute atomic E-state index is 0.159. The van der Waals surface area contributed by atoms with Crippen LogP contribution in [0.25, 0.3) is 11.2 Å². The van der Waals surface area contributed by atoms with Gasteiger partial charge < -0.3 is 4.57 Å². The number of aromatic amines is 1. The molecule has 4 rings (SSSR count). The second kappa shape index (κ2) is 4.94. The van der Waals surface area contributed by atoms with Crippen LogP contribution in [-0.4, -0.2) is 19.1 Å². The molecule has 1 aromatic carbocycles. The van der Waals surface area contributed by atoms with Gasteiger partial charge in [-0.15, -0.1) is 0 Å². The van der Waals surface area contributed by atoms with E-state index in [1.54, 1.807) is 7.05 Å². The molecule has 1 atom stereocenters. The van der Waals surface area contributed by atoms with Crippen LogP contribution < -0.4 is 11.2 Å². The monoisotopic (exact) mass is 310 g/mol. The molecule has 6 nitrogen and oxygen atoms in total. The number of hydrogen-bond acceptors (Lipinski definition) is 3. The molecule has 0 spiro atoms. The van der Waals surface area contributed by atoms with Crippen LogP contribution >= 0.6 is 0 Å². The first-order valence-electron chi connectivity index (χ1n) is 7.82. The zero-order valence-electron chi connectivity index (χ0n) is 13.2. The van der Waals surface area contributed by atoms with E-state index in [1.807, 2.05) is 4.57 Å². The van der Waals surface area contributed by atoms with Gasteiger partial charge in [-0.2, -0.15) is 0 Å². The maximum Gasteiger partial charge on any atom is 0.329 e. The average molecular weight is 310 g/mol. The number of rotatable bonds is 1. The number of hydrogen-bond donors (Lipinski definition) is 1. The summed E-state index contributed by atoms with van der Waals surface area (Å²) in [6.07, 6.45) is 1.98. The van der Waals surface area contributed by atoms with Crippen molar-refractivity contribution in [3.63, 3.8) is 0 Å². The van der Waals surface area contributed by atoms with E-state index < -0.39 is 5.69 Å². The van der Waals surface area contributed by atoms with E-state index in [-0.39, 0.29) is 11.5 Å². The van der Waals surface area contributed by atoms with Gasteiger partial charge in [0.25, 0.3) is 5.56 Å². The quantitative estimate of drug-likeness (QED) is 0.743. The molecule has 6 heteroatoms. The first kappa shape index (κ1) is 14.0. The maximum atomic E-state index is 12.2. The van der Waals surface area contributed by atoms with E-state index in [0.29, 0.717) is 11.2 Å². The van der Waals surface area contributed by atoms with Crippen LogP contribution in [-0.2, 0) is 13.6 Å². The van der Waals surface area contributed by atoms with Gasteiger partial charge in [0, 0.05) is 19.5 Å². The van der Waals surface area contributed by atoms with E-state index in [0.717, 1.165) is 25.2 Å². The first-order valence-corrected chi connectivity index (χ1v) is 7.82. The number of benzene rings is 1. The molecule has 1 aliphatic heterocycles. The molecule has 23 heavy (non-hydrogen) atoms. The standard InChI is InChI=1S/C17H18N4O2/c1-10-5-7-11(8-6-10)12-4-3-9-21-13-15(18-14(12)21)20(2)17(23)19-16(13)22/h5-8,12H,3-4,9H2,1-2H3,(H,19,22,23). The van der Waals surface area contributed by atoms with Crippen LogP contribution in [0.4, 0.5) is 0 Å². The third-order valence-corrected chi connectivity index (χ3v) is 4.70. The highest BCUT2D eigenvalue weighted by Gasteiger charge is 2.27. The summed E-state index contributed by atoms with van der Waals surface area (Å²) in [5.74, 6) is 1.04. The molecule has 0 amide bonds. The van der Waals surface area contributed by atoms with E-state index in [9.17, 15) is 9.59 Å². The minimum Gasteiger partial charge on any atom is -0.322 e. The van der Waals surface area contributed by atoms with Crippen molar-refractivity contribution in [2.45, 2.75) is 32.2 Å². The van der Waals surface area contributed by atoms with Gasteiger partial charge in [0.1, 0.15) is 5.82 Å². The van der Waals surface area contributed by atoms with Gasteiger partial charge in [-0.3, -0.25) is 14.3 Å². The predicted octanol–water partition coefficient (Wildman–Crippen LogP) is 1.66. The summed E-state index contributed by atoms with van der Waals surface area (Å²) < 4.78 is 3.38. The Morgan fingerprint density at radius 1 is 1.22 bits per heavy atom. The van der Waals surface area contributed by atoms with E-state index in [2.05, 4.69) is 41.2 Å². The number of aromatic nitrogens is 4. The molecular formula is C17H18N4O2. The molecule has 3 heterocycles. The van der Waals surface area contributed by atoms with Gasteiger partial charge in [-0.25, -0.2) is 9.78 Å². The van der Waals surface area contributed by atoms with Gasteiger partial charge in [0.2, 0.25) is 0 Å². The lowest BCUT2D eigenvalue weighted by atomic mass is 9.90. The SMILES string of the molecule is Cc1ccc(C2CCCn3c2nc2c3c(=O)[nH]c(=O)n2C)cc1. The fraction of sp³-hybridized carbons (Fsp3) is 0.353. The molecule has 0 aliphatic carbocycles. The Bertz CT molecular complexity index is 1010. The van der Waals surface area contributed by atoms with Crippen molar-refractivity contribution in [1.29, 1.82) is 0 Å². The molecule has 2 aromatic heterocycles. The summed E-state index contributed by atoms with van der Waals surface area (Å²) in [7, 11) is 1.64. The zero-order chi connectivity index (χ0) is 16.1. The topological polar surface area (TPSA) is 72.7 Å². The lowest BCUT2D eigenvalue weighted by Gasteiger charge is -2.24. The zero-order valence-corrected chi connectivity index (χ0v) is 13.2. The number of fused-ring (bicyclic) bond motifs is 3. The van der Waals surface area contributed by atoms with Crippen molar-refractivity contribution >= 4 is 11.2 Å². The molecule has 0 saturated carbocycles. The minimum atomic E-state index is -0.426. The molecular weight excluding hydrogens is 292 g/mol. The number of aryl methyl sites for hydroxylation is 3. The molecule has 1 aliphatic rings. The van der Waals surface area contributed by atoms with E-state index >= 15 is 0 Å². The van der Waals surface area contributed by atoms with Gasteiger partial charge in [0.15, 0.2) is 11.2 Å². The Hall–Kier alpha value is -2.63. The average Bonchev–Trinajstić information content (AvgIpc) is 2.93. The third-order valence-electron chi connectivity index (χ3n) is 4.70. The Labute approximate surface area is 132 Å². The molecule has 3 aromatic rings. The van der Waals surface area contributed by atoms with Crippen LogP contribution in [0, 0.1) is 6.92 Å². The van der Waals surface area contributed by atoms with Crippen LogP contribution in [0.1, 0.15) is 35.7 Å². The molecule has 1 N–H and O–H groups in total. The summed E-state index contributed by atoms with van der Waals surface area (Å²) in [4.78, 5) is 31.1. The predicted molar refractivity (Wildman–Crippen MR) is 87.9 cm³/mol. The highest BCUT2D eigenvalue weighted by Crippen LogP contribution is 2.34. The summed E-state index contributed by atoms with van der Waals surface area (Å²) in [5, 5.41) is 0. The van der Waals surface area contributed by atoms with Crippen LogP contribution in [0.2, 0.25) is 0 Å². The number of nitrogens with one attached hydrogen (secondary N) is 1. The second-order valence-corrected chi connectivity index (χ2v) is 6.22. The van der Waals surface area contributed by atoms with Crippen LogP contribution in [0.5, 0.6) is 0 Å². The van der Waals surface area contributed by atoms with Gasteiger partial charge in [0.05, 0.1) is 0 Å². The van der Waals surface area contributed by atoms with Gasteiger partial charge in [-0.1, -0.05) is 29.8 Å². The summed E-state index contributed by atoms with van der Waals surface area (Å²) >= 11 is 0. The molecule has 0 fully saturated rings. The van der Waals surface area contributed by atoms with Crippen molar-refractivity contribution in [3.05, 3.63) is 62.1 Å². The molecule has 118 valence electrons. The fourth-order valence-corrected chi connectivity index (χ4v) is 3.44. The maximum absolute atomic E-state index is 12.2. The number of H-pyrrole nitrogens is 1. The molecule has 0 saturated heterocycles. The number of imidazole rings is 1. The molecule has 0 radical (unpaired) electrons. The van der Waals surface area contributed by atoms with Crippen molar-refractivity contribution in [1.82, 2.24) is 19.1 Å². The van der Waals surface area contributed by atoms with Gasteiger partial charge in [-0.05, 0) is 25.3 Å².